The second-order valence-electron chi connectivity index (χ2n) is 4.72. The van der Waals surface area contributed by atoms with Gasteiger partial charge in [-0.3, -0.25) is 4.68 Å². The lowest BCUT2D eigenvalue weighted by Crippen LogP contribution is -2.31. The Labute approximate surface area is 129 Å². The minimum absolute atomic E-state index is 0.251. The molecule has 1 aromatic carbocycles. The van der Waals surface area contributed by atoms with Crippen molar-refractivity contribution in [2.45, 2.75) is 32.5 Å². The summed E-state index contributed by atoms with van der Waals surface area (Å²) in [6, 6.07) is 6.89. The molecule has 0 amide bonds. The van der Waals surface area contributed by atoms with E-state index in [1.165, 1.54) is 0 Å². The molecule has 6 heteroatoms. The summed E-state index contributed by atoms with van der Waals surface area (Å²) in [5.41, 5.74) is 7.15. The normalized spacial score (nSPS) is 13.8. The number of nitrogens with zero attached hydrogens (tertiary/aromatic N) is 2. The molecule has 21 heavy (non-hydrogen) atoms. The summed E-state index contributed by atoms with van der Waals surface area (Å²) in [5.74, 6) is 1.36. The van der Waals surface area contributed by atoms with Crippen LogP contribution in [-0.2, 0) is 6.54 Å². The van der Waals surface area contributed by atoms with Gasteiger partial charge >= 0.3 is 0 Å². The molecular formula is C15H20ClN3O2. The highest BCUT2D eigenvalue weighted by Gasteiger charge is 2.24. The predicted molar refractivity (Wildman–Crippen MR) is 82.9 cm³/mol. The molecule has 0 fully saturated rings. The maximum absolute atomic E-state index is 6.32. The molecule has 2 N–H and O–H groups in total. The van der Waals surface area contributed by atoms with Crippen molar-refractivity contribution in [2.75, 3.05) is 7.11 Å². The van der Waals surface area contributed by atoms with Crippen LogP contribution < -0.4 is 15.2 Å². The van der Waals surface area contributed by atoms with Gasteiger partial charge in [0.25, 0.3) is 0 Å². The largest absolute Gasteiger partial charge is 0.493 e. The first kappa shape index (κ1) is 15.7. The first-order valence-electron chi connectivity index (χ1n) is 6.84. The van der Waals surface area contributed by atoms with Crippen LogP contribution in [0.1, 0.15) is 25.6 Å². The van der Waals surface area contributed by atoms with E-state index < -0.39 is 0 Å². The highest BCUT2D eigenvalue weighted by Crippen LogP contribution is 2.28. The monoisotopic (exact) mass is 309 g/mol. The molecule has 0 aliphatic rings. The number of aryl methyl sites for hydroxylation is 1. The summed E-state index contributed by atoms with van der Waals surface area (Å²) in [4.78, 5) is 0. The average Bonchev–Trinajstić information content (AvgIpc) is 2.89. The van der Waals surface area contributed by atoms with Gasteiger partial charge in [0.1, 0.15) is 17.5 Å². The zero-order valence-corrected chi connectivity index (χ0v) is 13.2. The van der Waals surface area contributed by atoms with Crippen LogP contribution in [0.25, 0.3) is 0 Å². The fourth-order valence-corrected chi connectivity index (χ4v) is 2.35. The van der Waals surface area contributed by atoms with Crippen LogP contribution in [0.3, 0.4) is 0 Å². The van der Waals surface area contributed by atoms with E-state index in [4.69, 9.17) is 26.8 Å². The van der Waals surface area contributed by atoms with Crippen molar-refractivity contribution in [3.05, 3.63) is 41.2 Å². The SMILES string of the molecule is CCn1ncc(OC)c1C(N)C(C)Oc1cccc(Cl)c1. The van der Waals surface area contributed by atoms with Crippen LogP contribution in [0, 0.1) is 0 Å². The Morgan fingerprint density at radius 3 is 2.81 bits per heavy atom. The van der Waals surface area contributed by atoms with E-state index in [9.17, 15) is 0 Å². The van der Waals surface area contributed by atoms with Gasteiger partial charge in [-0.1, -0.05) is 17.7 Å². The summed E-state index contributed by atoms with van der Waals surface area (Å²) >= 11 is 5.96. The van der Waals surface area contributed by atoms with Crippen LogP contribution in [0.5, 0.6) is 11.5 Å². The van der Waals surface area contributed by atoms with Gasteiger partial charge in [-0.25, -0.2) is 0 Å². The van der Waals surface area contributed by atoms with Crippen molar-refractivity contribution < 1.29 is 9.47 Å². The Balaban J connectivity index is 2.19. The van der Waals surface area contributed by atoms with Crippen LogP contribution in [0.2, 0.25) is 5.02 Å². The van der Waals surface area contributed by atoms with E-state index in [1.54, 1.807) is 25.4 Å². The smallest absolute Gasteiger partial charge is 0.161 e. The second kappa shape index (κ2) is 6.83. The molecule has 0 bridgehead atoms. The number of hydrogen-bond donors (Lipinski definition) is 1. The topological polar surface area (TPSA) is 62.3 Å². The van der Waals surface area contributed by atoms with Crippen molar-refractivity contribution in [2.24, 2.45) is 5.73 Å². The lowest BCUT2D eigenvalue weighted by molar-refractivity contribution is 0.184. The first-order valence-corrected chi connectivity index (χ1v) is 7.22. The molecule has 2 aromatic rings. The summed E-state index contributed by atoms with van der Waals surface area (Å²) in [6.07, 6.45) is 1.42. The molecule has 5 nitrogen and oxygen atoms in total. The Hall–Kier alpha value is -1.72. The molecule has 2 unspecified atom stereocenters. The summed E-state index contributed by atoms with van der Waals surface area (Å²) in [5, 5.41) is 4.89. The summed E-state index contributed by atoms with van der Waals surface area (Å²) < 4.78 is 13.0. The molecule has 0 spiro atoms. The third kappa shape index (κ3) is 3.49. The molecule has 0 aliphatic carbocycles. The lowest BCUT2D eigenvalue weighted by Gasteiger charge is -2.23. The number of hydrogen-bond acceptors (Lipinski definition) is 4. The molecule has 0 radical (unpaired) electrons. The van der Waals surface area contributed by atoms with E-state index >= 15 is 0 Å². The van der Waals surface area contributed by atoms with E-state index in [0.29, 0.717) is 16.5 Å². The van der Waals surface area contributed by atoms with Gasteiger partial charge in [-0.2, -0.15) is 5.10 Å². The van der Waals surface area contributed by atoms with Crippen LogP contribution in [0.4, 0.5) is 0 Å². The molecular weight excluding hydrogens is 290 g/mol. The van der Waals surface area contributed by atoms with E-state index in [2.05, 4.69) is 5.10 Å². The van der Waals surface area contributed by atoms with E-state index in [-0.39, 0.29) is 12.1 Å². The average molecular weight is 310 g/mol. The van der Waals surface area contributed by atoms with Gasteiger partial charge in [-0.15, -0.1) is 0 Å². The van der Waals surface area contributed by atoms with Crippen LogP contribution in [-0.4, -0.2) is 23.0 Å². The zero-order chi connectivity index (χ0) is 15.4. The van der Waals surface area contributed by atoms with Gasteiger partial charge in [0, 0.05) is 11.6 Å². The van der Waals surface area contributed by atoms with Gasteiger partial charge in [-0.05, 0) is 32.0 Å². The van der Waals surface area contributed by atoms with Gasteiger partial charge in [0.15, 0.2) is 5.75 Å². The minimum Gasteiger partial charge on any atom is -0.493 e. The van der Waals surface area contributed by atoms with Gasteiger partial charge < -0.3 is 15.2 Å². The minimum atomic E-state index is -0.360. The highest BCUT2D eigenvalue weighted by molar-refractivity contribution is 6.30. The van der Waals surface area contributed by atoms with Crippen molar-refractivity contribution >= 4 is 11.6 Å². The lowest BCUT2D eigenvalue weighted by atomic mass is 10.1. The molecule has 0 saturated carbocycles. The Kier molecular flexibility index (Phi) is 5.09. The Morgan fingerprint density at radius 1 is 1.43 bits per heavy atom. The molecule has 0 aliphatic heterocycles. The van der Waals surface area contributed by atoms with Crippen LogP contribution in [0.15, 0.2) is 30.5 Å². The molecule has 1 heterocycles. The zero-order valence-electron chi connectivity index (χ0n) is 12.4. The van der Waals surface area contributed by atoms with Gasteiger partial charge in [0.05, 0.1) is 19.3 Å². The number of ether oxygens (including phenoxy) is 2. The van der Waals surface area contributed by atoms with E-state index in [0.717, 1.165) is 12.2 Å². The number of halogens is 1. The Morgan fingerprint density at radius 2 is 2.19 bits per heavy atom. The maximum atomic E-state index is 6.32. The molecule has 2 atom stereocenters. The standard InChI is InChI=1S/C15H20ClN3O2/c1-4-19-15(13(20-3)9-18-19)14(17)10(2)21-12-7-5-6-11(16)8-12/h5-10,14H,4,17H2,1-3H3. The fourth-order valence-electron chi connectivity index (χ4n) is 2.17. The highest BCUT2D eigenvalue weighted by atomic mass is 35.5. The number of nitrogens with two attached hydrogens (primary N) is 1. The Bertz CT molecular complexity index is 579. The number of methoxy groups -OCH3 is 1. The molecule has 2 rings (SSSR count). The van der Waals surface area contributed by atoms with E-state index in [1.807, 2.05) is 30.7 Å². The maximum Gasteiger partial charge on any atom is 0.161 e. The number of aromatic nitrogens is 2. The molecule has 1 aromatic heterocycles. The predicted octanol–water partition coefficient (Wildman–Crippen LogP) is 3.03. The number of benzene rings is 1. The third-order valence-corrected chi connectivity index (χ3v) is 3.54. The quantitative estimate of drug-likeness (QED) is 0.891. The number of rotatable bonds is 6. The third-order valence-electron chi connectivity index (χ3n) is 3.30. The molecule has 114 valence electrons. The van der Waals surface area contributed by atoms with Crippen molar-refractivity contribution in [3.8, 4) is 11.5 Å². The van der Waals surface area contributed by atoms with Gasteiger partial charge in [0.2, 0.25) is 0 Å². The van der Waals surface area contributed by atoms with Crippen molar-refractivity contribution in [1.82, 2.24) is 9.78 Å². The summed E-state index contributed by atoms with van der Waals surface area (Å²) in [7, 11) is 1.61. The van der Waals surface area contributed by atoms with Crippen molar-refractivity contribution in [3.63, 3.8) is 0 Å². The summed E-state index contributed by atoms with van der Waals surface area (Å²) in [6.45, 7) is 4.64. The second-order valence-corrected chi connectivity index (χ2v) is 5.16. The van der Waals surface area contributed by atoms with Crippen LogP contribution >= 0.6 is 11.6 Å². The first-order chi connectivity index (χ1) is 10.1. The van der Waals surface area contributed by atoms with Crippen molar-refractivity contribution in [1.29, 1.82) is 0 Å². The molecule has 0 saturated heterocycles. The fraction of sp³-hybridized carbons (Fsp3) is 0.400.